The molecule has 27 heavy (non-hydrogen) atoms. The van der Waals surface area contributed by atoms with Gasteiger partial charge in [0, 0.05) is 57.2 Å². The van der Waals surface area contributed by atoms with Crippen LogP contribution in [0.25, 0.3) is 0 Å². The minimum Gasteiger partial charge on any atom is -0.377 e. The third-order valence-corrected chi connectivity index (χ3v) is 15.5. The van der Waals surface area contributed by atoms with Crippen LogP contribution in [0.2, 0.25) is 56.4 Å². The molecule has 0 fully saturated rings. The molecule has 0 saturated heterocycles. The van der Waals surface area contributed by atoms with E-state index in [0.717, 1.165) is 31.7 Å². The molecule has 0 aromatic carbocycles. The van der Waals surface area contributed by atoms with Gasteiger partial charge in [0.1, 0.15) is 6.61 Å². The Bertz CT molecular complexity index is 400. The van der Waals surface area contributed by atoms with E-state index in [9.17, 15) is 8.78 Å². The van der Waals surface area contributed by atoms with E-state index in [-0.39, 0.29) is 0 Å². The lowest BCUT2D eigenvalue weighted by atomic mass is 10.5. The third kappa shape index (κ3) is 11.8. The highest BCUT2D eigenvalue weighted by atomic mass is 28.4. The summed E-state index contributed by atoms with van der Waals surface area (Å²) in [5, 5.41) is 0. The summed E-state index contributed by atoms with van der Waals surface area (Å²) in [6.07, 6.45) is -2.36. The Hall–Kier alpha value is 0.311. The second-order valence-electron chi connectivity index (χ2n) is 8.62. The summed E-state index contributed by atoms with van der Waals surface area (Å²) < 4.78 is 51.6. The summed E-state index contributed by atoms with van der Waals surface area (Å²) >= 11 is 0. The van der Waals surface area contributed by atoms with Crippen LogP contribution < -0.4 is 0 Å². The Kier molecular flexibility index (Phi) is 12.2. The zero-order valence-corrected chi connectivity index (χ0v) is 21.5. The molecule has 0 heterocycles. The van der Waals surface area contributed by atoms with Gasteiger partial charge in [-0.15, -0.1) is 0 Å². The summed E-state index contributed by atoms with van der Waals surface area (Å²) in [4.78, 5) is 0. The van der Waals surface area contributed by atoms with Gasteiger partial charge in [-0.1, -0.05) is 50.4 Å². The molecule has 5 nitrogen and oxygen atoms in total. The van der Waals surface area contributed by atoms with Gasteiger partial charge >= 0.3 is 14.9 Å². The van der Waals surface area contributed by atoms with Crippen LogP contribution in [0.5, 0.6) is 0 Å². The van der Waals surface area contributed by atoms with Gasteiger partial charge in [-0.3, -0.25) is 0 Å². The molecule has 0 aromatic rings. The van der Waals surface area contributed by atoms with Crippen LogP contribution >= 0.6 is 0 Å². The van der Waals surface area contributed by atoms with Crippen molar-refractivity contribution in [3.63, 3.8) is 0 Å². The van der Waals surface area contributed by atoms with Crippen LogP contribution in [0.4, 0.5) is 8.78 Å². The fourth-order valence-corrected chi connectivity index (χ4v) is 14.9. The maximum Gasteiger partial charge on any atom is 0.499 e. The van der Waals surface area contributed by atoms with Crippen molar-refractivity contribution in [2.45, 2.75) is 68.9 Å². The number of methoxy groups -OCH3 is 1. The molecule has 0 aliphatic carbocycles. The molecular weight excluding hydrogens is 406 g/mol. The van der Waals surface area contributed by atoms with Gasteiger partial charge in [0.15, 0.2) is 0 Å². The quantitative estimate of drug-likeness (QED) is 0.248. The summed E-state index contributed by atoms with van der Waals surface area (Å²) in [5.41, 5.74) is 0. The predicted octanol–water partition coefficient (Wildman–Crippen LogP) is 4.93. The number of rotatable bonds is 16. The first-order valence-corrected chi connectivity index (χ1v) is 18.3. The largest absolute Gasteiger partial charge is 0.499 e. The lowest BCUT2D eigenvalue weighted by Gasteiger charge is -2.31. The molecule has 0 unspecified atom stereocenters. The van der Waals surface area contributed by atoms with Crippen molar-refractivity contribution in [2.24, 2.45) is 0 Å². The molecule has 0 saturated carbocycles. The van der Waals surface area contributed by atoms with Gasteiger partial charge in [-0.05, 0) is 6.42 Å². The van der Waals surface area contributed by atoms with Crippen LogP contribution in [0, 0.1) is 0 Å². The summed E-state index contributed by atoms with van der Waals surface area (Å²) in [7, 11) is 0.743. The summed E-state index contributed by atoms with van der Waals surface area (Å²) in [5.74, 6) is 0. The maximum absolute atomic E-state index is 12.9. The van der Waals surface area contributed by atoms with Crippen molar-refractivity contribution in [2.75, 3.05) is 41.7 Å². The highest BCUT2D eigenvalue weighted by molar-refractivity contribution is 6.83. The second kappa shape index (κ2) is 12.1. The van der Waals surface area contributed by atoms with Crippen molar-refractivity contribution < 1.29 is 31.5 Å². The molecular formula is C17H40F2O5Si3. The number of alkyl halides is 2. The predicted molar refractivity (Wildman–Crippen MR) is 113 cm³/mol. The van der Waals surface area contributed by atoms with Gasteiger partial charge in [0.05, 0.1) is 0 Å². The highest BCUT2D eigenvalue weighted by Gasteiger charge is 2.40. The van der Waals surface area contributed by atoms with Crippen LogP contribution in [-0.2, 0) is 22.8 Å². The average Bonchev–Trinajstić information content (AvgIpc) is 2.61. The smallest absolute Gasteiger partial charge is 0.377 e. The molecule has 0 bridgehead atoms. The molecule has 0 aliphatic heterocycles. The second-order valence-corrected chi connectivity index (χ2v) is 22.4. The fourth-order valence-electron chi connectivity index (χ4n) is 2.88. The van der Waals surface area contributed by atoms with Crippen molar-refractivity contribution in [1.82, 2.24) is 0 Å². The molecule has 0 rings (SSSR count). The van der Waals surface area contributed by atoms with Crippen LogP contribution in [0.15, 0.2) is 0 Å². The van der Waals surface area contributed by atoms with E-state index in [1.165, 1.54) is 12.1 Å². The van der Waals surface area contributed by atoms with Crippen LogP contribution in [0.1, 0.15) is 6.42 Å². The Balaban J connectivity index is 4.25. The Morgan fingerprint density at radius 2 is 1.15 bits per heavy atom. The lowest BCUT2D eigenvalue weighted by Crippen LogP contribution is -2.44. The van der Waals surface area contributed by atoms with Crippen molar-refractivity contribution >= 4 is 25.0 Å². The molecule has 0 spiro atoms. The molecule has 10 heteroatoms. The van der Waals surface area contributed by atoms with Gasteiger partial charge in [-0.25, -0.2) is 0 Å². The summed E-state index contributed by atoms with van der Waals surface area (Å²) in [6.45, 7) is 9.26. The van der Waals surface area contributed by atoms with Crippen molar-refractivity contribution in [1.29, 1.82) is 0 Å². The standard InChI is InChI=1S/C17H40F2O5Si3/c1-20-17(18,19)16-24-10-9-11-25(5,6)12-13-26(7,8)14-15-27(21-2,22-3)23-4/h9-16H2,1-8H3. The third-order valence-electron chi connectivity index (χ3n) is 5.23. The van der Waals surface area contributed by atoms with E-state index in [1.54, 1.807) is 21.3 Å². The molecule has 0 aromatic heterocycles. The monoisotopic (exact) mass is 446 g/mol. The zero-order chi connectivity index (χ0) is 21.2. The van der Waals surface area contributed by atoms with Crippen molar-refractivity contribution in [3.8, 4) is 0 Å². The SMILES string of the molecule is COC(F)(F)COCCC[Si](C)(C)CC[Si](C)(C)CC[Si](OC)(OC)OC. The topological polar surface area (TPSA) is 46.2 Å². The van der Waals surface area contributed by atoms with Gasteiger partial charge in [0.2, 0.25) is 0 Å². The molecule has 0 N–H and O–H groups in total. The van der Waals surface area contributed by atoms with E-state index in [0.29, 0.717) is 6.61 Å². The number of ether oxygens (including phenoxy) is 2. The summed E-state index contributed by atoms with van der Waals surface area (Å²) in [6, 6.07) is 5.58. The number of hydrogen-bond donors (Lipinski definition) is 0. The Morgan fingerprint density at radius 1 is 0.704 bits per heavy atom. The first-order valence-electron chi connectivity index (χ1n) is 9.53. The van der Waals surface area contributed by atoms with E-state index < -0.39 is 37.7 Å². The molecule has 0 atom stereocenters. The van der Waals surface area contributed by atoms with Crippen molar-refractivity contribution in [3.05, 3.63) is 0 Å². The molecule has 0 radical (unpaired) electrons. The molecule has 0 aliphatic rings. The zero-order valence-electron chi connectivity index (χ0n) is 18.5. The van der Waals surface area contributed by atoms with E-state index in [4.69, 9.17) is 18.0 Å². The van der Waals surface area contributed by atoms with Crippen LogP contribution in [-0.4, -0.2) is 72.7 Å². The Morgan fingerprint density at radius 3 is 1.59 bits per heavy atom. The highest BCUT2D eigenvalue weighted by Crippen LogP contribution is 2.30. The van der Waals surface area contributed by atoms with E-state index in [1.807, 2.05) is 0 Å². The van der Waals surface area contributed by atoms with E-state index in [2.05, 4.69) is 30.9 Å². The van der Waals surface area contributed by atoms with Crippen LogP contribution in [0.3, 0.4) is 0 Å². The normalized spacial score (nSPS) is 14.0. The van der Waals surface area contributed by atoms with E-state index >= 15 is 0 Å². The maximum atomic E-state index is 12.9. The first kappa shape index (κ1) is 27.3. The fraction of sp³-hybridized carbons (Fsp3) is 1.00. The minimum atomic E-state index is -3.19. The van der Waals surface area contributed by atoms with Gasteiger partial charge < -0.3 is 22.8 Å². The first-order chi connectivity index (χ1) is 12.4. The Labute approximate surface area is 167 Å². The number of halogens is 2. The lowest BCUT2D eigenvalue weighted by molar-refractivity contribution is -0.249. The minimum absolute atomic E-state index is 0.361. The van der Waals surface area contributed by atoms with Gasteiger partial charge in [0.25, 0.3) is 0 Å². The van der Waals surface area contributed by atoms with Gasteiger partial charge in [-0.2, -0.15) is 8.78 Å². The average molecular weight is 447 g/mol. The number of hydrogen-bond acceptors (Lipinski definition) is 5. The molecule has 164 valence electrons. The molecule has 0 amide bonds.